The number of aromatic nitrogens is 2. The zero-order valence-corrected chi connectivity index (χ0v) is 8.75. The SMILES string of the molecule is Cc1n(CCCC#N)cc[n+]1C.[Cl-]. The summed E-state index contributed by atoms with van der Waals surface area (Å²) in [6.45, 7) is 3.02. The average Bonchev–Trinajstić information content (AvgIpc) is 2.36. The largest absolute Gasteiger partial charge is 1.00 e. The number of hydrogen-bond donors (Lipinski definition) is 0. The van der Waals surface area contributed by atoms with Gasteiger partial charge in [-0.05, 0) is 6.42 Å². The first-order valence-corrected chi connectivity index (χ1v) is 4.14. The van der Waals surface area contributed by atoms with Gasteiger partial charge in [0.15, 0.2) is 0 Å². The summed E-state index contributed by atoms with van der Waals surface area (Å²) in [6.07, 6.45) is 5.65. The van der Waals surface area contributed by atoms with Crippen molar-refractivity contribution in [3.05, 3.63) is 18.2 Å². The molecular weight excluding hydrogens is 186 g/mol. The van der Waals surface area contributed by atoms with Gasteiger partial charge in [0.1, 0.15) is 12.4 Å². The van der Waals surface area contributed by atoms with Gasteiger partial charge in [0.2, 0.25) is 0 Å². The topological polar surface area (TPSA) is 32.6 Å². The molecule has 0 aromatic carbocycles. The van der Waals surface area contributed by atoms with Gasteiger partial charge in [0.25, 0.3) is 5.82 Å². The summed E-state index contributed by atoms with van der Waals surface area (Å²) in [5.41, 5.74) is 0. The molecule has 4 heteroatoms. The molecule has 13 heavy (non-hydrogen) atoms. The van der Waals surface area contributed by atoms with Gasteiger partial charge in [0, 0.05) is 13.3 Å². The van der Waals surface area contributed by atoms with E-state index in [9.17, 15) is 0 Å². The van der Waals surface area contributed by atoms with E-state index in [4.69, 9.17) is 5.26 Å². The number of rotatable bonds is 3. The van der Waals surface area contributed by atoms with Crippen molar-refractivity contribution in [1.29, 1.82) is 5.26 Å². The molecule has 72 valence electrons. The highest BCUT2D eigenvalue weighted by molar-refractivity contribution is 4.80. The first kappa shape index (κ1) is 12.0. The summed E-state index contributed by atoms with van der Waals surface area (Å²) in [6, 6.07) is 2.14. The zero-order valence-electron chi connectivity index (χ0n) is 8.00. The molecule has 1 rings (SSSR count). The Morgan fingerprint density at radius 3 is 2.77 bits per heavy atom. The highest BCUT2D eigenvalue weighted by atomic mass is 35.5. The number of imidazole rings is 1. The van der Waals surface area contributed by atoms with Crippen LogP contribution in [-0.2, 0) is 13.6 Å². The maximum Gasteiger partial charge on any atom is 0.253 e. The third kappa shape index (κ3) is 3.08. The summed E-state index contributed by atoms with van der Waals surface area (Å²) < 4.78 is 4.24. The van der Waals surface area contributed by atoms with Crippen molar-refractivity contribution in [3.63, 3.8) is 0 Å². The van der Waals surface area contributed by atoms with Crippen LogP contribution in [0.15, 0.2) is 12.4 Å². The Labute approximate surface area is 85.0 Å². The van der Waals surface area contributed by atoms with Crippen LogP contribution in [0.25, 0.3) is 0 Å². The van der Waals surface area contributed by atoms with Crippen molar-refractivity contribution in [3.8, 4) is 6.07 Å². The normalized spacial score (nSPS) is 9.00. The van der Waals surface area contributed by atoms with Crippen molar-refractivity contribution in [2.45, 2.75) is 26.3 Å². The molecule has 0 radical (unpaired) electrons. The Hall–Kier alpha value is -1.01. The van der Waals surface area contributed by atoms with E-state index in [2.05, 4.69) is 22.1 Å². The molecule has 0 amide bonds. The highest BCUT2D eigenvalue weighted by Crippen LogP contribution is 1.97. The van der Waals surface area contributed by atoms with E-state index in [1.54, 1.807) is 0 Å². The smallest absolute Gasteiger partial charge is 0.253 e. The molecule has 0 unspecified atom stereocenters. The Bertz CT molecular complexity index is 298. The van der Waals surface area contributed by atoms with Gasteiger partial charge in [-0.15, -0.1) is 0 Å². The predicted molar refractivity (Wildman–Crippen MR) is 45.2 cm³/mol. The first-order valence-electron chi connectivity index (χ1n) is 4.14. The molecule has 0 spiro atoms. The molecule has 1 aromatic rings. The maximum absolute atomic E-state index is 8.35. The molecule has 0 fully saturated rings. The van der Waals surface area contributed by atoms with E-state index >= 15 is 0 Å². The lowest BCUT2D eigenvalue weighted by Crippen LogP contribution is -3.00. The van der Waals surface area contributed by atoms with Crippen molar-refractivity contribution in [1.82, 2.24) is 4.57 Å². The lowest BCUT2D eigenvalue weighted by molar-refractivity contribution is -0.677. The van der Waals surface area contributed by atoms with E-state index in [1.165, 1.54) is 5.82 Å². The van der Waals surface area contributed by atoms with E-state index in [-0.39, 0.29) is 12.4 Å². The second-order valence-electron chi connectivity index (χ2n) is 2.91. The Balaban J connectivity index is 0.00000144. The average molecular weight is 200 g/mol. The van der Waals surface area contributed by atoms with Crippen LogP contribution in [0.3, 0.4) is 0 Å². The predicted octanol–water partition coefficient (Wildman–Crippen LogP) is -2.07. The standard InChI is InChI=1S/C9H14N3.ClH/c1-9-11(2)7-8-12(9)6-4-3-5-10;/h7-8H,3-4,6H2,1-2H3;1H/q+1;/p-1. The van der Waals surface area contributed by atoms with Crippen molar-refractivity contribution >= 4 is 0 Å². The molecule has 0 N–H and O–H groups in total. The van der Waals surface area contributed by atoms with Gasteiger partial charge in [-0.3, -0.25) is 0 Å². The van der Waals surface area contributed by atoms with E-state index < -0.39 is 0 Å². The number of hydrogen-bond acceptors (Lipinski definition) is 1. The Morgan fingerprint density at radius 2 is 2.31 bits per heavy atom. The van der Waals surface area contributed by atoms with Gasteiger partial charge in [-0.2, -0.15) is 5.26 Å². The summed E-state index contributed by atoms with van der Waals surface area (Å²) in [7, 11) is 2.02. The summed E-state index contributed by atoms with van der Waals surface area (Å²) in [5.74, 6) is 1.23. The van der Waals surface area contributed by atoms with Gasteiger partial charge in [-0.1, -0.05) is 0 Å². The molecule has 0 saturated carbocycles. The van der Waals surface area contributed by atoms with Crippen LogP contribution < -0.4 is 17.0 Å². The van der Waals surface area contributed by atoms with Crippen LogP contribution in [0.5, 0.6) is 0 Å². The van der Waals surface area contributed by atoms with Crippen molar-refractivity contribution < 1.29 is 17.0 Å². The van der Waals surface area contributed by atoms with Crippen LogP contribution >= 0.6 is 0 Å². The van der Waals surface area contributed by atoms with Crippen LogP contribution in [0.2, 0.25) is 0 Å². The van der Waals surface area contributed by atoms with Crippen LogP contribution in [0.1, 0.15) is 18.7 Å². The number of unbranched alkanes of at least 4 members (excludes halogenated alkanes) is 1. The lowest BCUT2D eigenvalue weighted by Gasteiger charge is -1.95. The van der Waals surface area contributed by atoms with Crippen LogP contribution in [0.4, 0.5) is 0 Å². The third-order valence-electron chi connectivity index (χ3n) is 2.08. The first-order chi connectivity index (χ1) is 5.75. The molecule has 0 bridgehead atoms. The molecular formula is C9H14ClN3. The van der Waals surface area contributed by atoms with E-state index in [1.807, 2.05) is 19.4 Å². The minimum absolute atomic E-state index is 0. The number of nitriles is 1. The number of halogens is 1. The second kappa shape index (κ2) is 5.60. The maximum atomic E-state index is 8.35. The Morgan fingerprint density at radius 1 is 1.62 bits per heavy atom. The van der Waals surface area contributed by atoms with Crippen LogP contribution in [0, 0.1) is 18.3 Å². The lowest BCUT2D eigenvalue weighted by atomic mass is 10.3. The van der Waals surface area contributed by atoms with Crippen molar-refractivity contribution in [2.24, 2.45) is 7.05 Å². The summed E-state index contributed by atoms with van der Waals surface area (Å²) in [4.78, 5) is 0. The number of aryl methyl sites for hydroxylation is 2. The van der Waals surface area contributed by atoms with Gasteiger partial charge in [-0.25, -0.2) is 9.13 Å². The third-order valence-corrected chi connectivity index (χ3v) is 2.08. The molecule has 0 atom stereocenters. The molecule has 1 aromatic heterocycles. The van der Waals surface area contributed by atoms with Crippen LogP contribution in [-0.4, -0.2) is 4.57 Å². The number of nitrogens with zero attached hydrogens (tertiary/aromatic N) is 3. The summed E-state index contributed by atoms with van der Waals surface area (Å²) in [5, 5.41) is 8.35. The minimum atomic E-state index is 0. The molecule has 1 heterocycles. The fourth-order valence-electron chi connectivity index (χ4n) is 1.16. The zero-order chi connectivity index (χ0) is 8.97. The van der Waals surface area contributed by atoms with Gasteiger partial charge >= 0.3 is 0 Å². The highest BCUT2D eigenvalue weighted by Gasteiger charge is 2.06. The molecule has 0 aliphatic carbocycles. The minimum Gasteiger partial charge on any atom is -1.00 e. The fourth-order valence-corrected chi connectivity index (χ4v) is 1.16. The van der Waals surface area contributed by atoms with Gasteiger partial charge in [0.05, 0.1) is 19.7 Å². The molecule has 0 aliphatic rings. The Kier molecular flexibility index (Phi) is 5.17. The molecule has 0 aliphatic heterocycles. The van der Waals surface area contributed by atoms with E-state index in [0.717, 1.165) is 13.0 Å². The fraction of sp³-hybridized carbons (Fsp3) is 0.556. The quantitative estimate of drug-likeness (QED) is 0.407. The second-order valence-corrected chi connectivity index (χ2v) is 2.91. The van der Waals surface area contributed by atoms with E-state index in [0.29, 0.717) is 6.42 Å². The molecule has 0 saturated heterocycles. The van der Waals surface area contributed by atoms with Gasteiger partial charge < -0.3 is 12.4 Å². The van der Waals surface area contributed by atoms with Crippen molar-refractivity contribution in [2.75, 3.05) is 0 Å². The monoisotopic (exact) mass is 199 g/mol. The summed E-state index contributed by atoms with van der Waals surface area (Å²) >= 11 is 0. The molecule has 3 nitrogen and oxygen atoms in total.